The molecule has 0 saturated heterocycles. The highest BCUT2D eigenvalue weighted by atomic mass is 35.5. The van der Waals surface area contributed by atoms with E-state index < -0.39 is 0 Å². The molecule has 0 saturated carbocycles. The first-order valence-corrected chi connectivity index (χ1v) is 8.58. The third-order valence-electron chi connectivity index (χ3n) is 4.74. The molecule has 0 spiro atoms. The highest BCUT2D eigenvalue weighted by Gasteiger charge is 2.26. The highest BCUT2D eigenvalue weighted by molar-refractivity contribution is 6.30. The van der Waals surface area contributed by atoms with Crippen LogP contribution in [-0.2, 0) is 13.0 Å². The largest absolute Gasteiger partial charge is 0.359 e. The van der Waals surface area contributed by atoms with Crippen LogP contribution in [0, 0.1) is 0 Å². The Hall–Kier alpha value is -2.10. The summed E-state index contributed by atoms with van der Waals surface area (Å²) in [6.45, 7) is 0.750. The fraction of sp³-hybridized carbons (Fsp3) is 0.250. The van der Waals surface area contributed by atoms with Crippen molar-refractivity contribution >= 4 is 11.6 Å². The van der Waals surface area contributed by atoms with Crippen LogP contribution in [-0.4, -0.2) is 17.1 Å². The Morgan fingerprint density at radius 3 is 2.79 bits per heavy atom. The normalized spacial score (nSPS) is 16.5. The van der Waals surface area contributed by atoms with E-state index in [1.165, 1.54) is 11.1 Å². The van der Waals surface area contributed by atoms with Crippen molar-refractivity contribution in [2.45, 2.75) is 25.4 Å². The molecule has 122 valence electrons. The van der Waals surface area contributed by atoms with Crippen molar-refractivity contribution in [2.24, 2.45) is 0 Å². The summed E-state index contributed by atoms with van der Waals surface area (Å²) in [6.07, 6.45) is 2.31. The molecular formula is C20H19ClN2O. The fourth-order valence-corrected chi connectivity index (χ4v) is 3.62. The average Bonchev–Trinajstić information content (AvgIpc) is 3.22. The van der Waals surface area contributed by atoms with E-state index in [4.69, 9.17) is 16.1 Å². The van der Waals surface area contributed by atoms with E-state index in [0.717, 1.165) is 41.4 Å². The van der Waals surface area contributed by atoms with Crippen LogP contribution in [0.3, 0.4) is 0 Å². The van der Waals surface area contributed by atoms with Crippen LogP contribution in [0.15, 0.2) is 59.1 Å². The molecule has 2 aromatic carbocycles. The molecule has 0 bridgehead atoms. The van der Waals surface area contributed by atoms with Gasteiger partial charge in [-0.2, -0.15) is 0 Å². The first-order valence-electron chi connectivity index (χ1n) is 8.20. The number of hydrogen-bond acceptors (Lipinski definition) is 3. The molecule has 1 atom stereocenters. The zero-order chi connectivity index (χ0) is 16.5. The predicted octanol–water partition coefficient (Wildman–Crippen LogP) is 5.11. The topological polar surface area (TPSA) is 29.3 Å². The summed E-state index contributed by atoms with van der Waals surface area (Å²) >= 11 is 5.94. The SMILES string of the molecule is CN(Cc1cc(-c2ccc(Cl)cc2)no1)[C@H]1CCc2ccccc21. The molecular weight excluding hydrogens is 320 g/mol. The molecule has 0 N–H and O–H groups in total. The molecule has 0 fully saturated rings. The van der Waals surface area contributed by atoms with E-state index >= 15 is 0 Å². The van der Waals surface area contributed by atoms with Gasteiger partial charge in [-0.1, -0.05) is 53.2 Å². The minimum atomic E-state index is 0.449. The molecule has 1 heterocycles. The Labute approximate surface area is 146 Å². The number of benzene rings is 2. The second-order valence-electron chi connectivity index (χ2n) is 6.35. The van der Waals surface area contributed by atoms with Crippen LogP contribution >= 0.6 is 11.6 Å². The van der Waals surface area contributed by atoms with E-state index in [9.17, 15) is 0 Å². The van der Waals surface area contributed by atoms with Gasteiger partial charge in [0.15, 0.2) is 5.76 Å². The van der Waals surface area contributed by atoms with Crippen molar-refractivity contribution in [1.29, 1.82) is 0 Å². The Bertz CT molecular complexity index is 841. The average molecular weight is 339 g/mol. The standard InChI is InChI=1S/C20H19ClN2O/c1-23(20-11-8-14-4-2-3-5-18(14)20)13-17-12-19(22-24-17)15-6-9-16(21)10-7-15/h2-7,9-10,12,20H,8,11,13H2,1H3/t20-/m0/s1. The molecule has 0 unspecified atom stereocenters. The van der Waals surface area contributed by atoms with E-state index in [1.54, 1.807) is 0 Å². The molecule has 0 aliphatic heterocycles. The fourth-order valence-electron chi connectivity index (χ4n) is 3.49. The van der Waals surface area contributed by atoms with E-state index in [1.807, 2.05) is 30.3 Å². The lowest BCUT2D eigenvalue weighted by Crippen LogP contribution is -2.22. The zero-order valence-electron chi connectivity index (χ0n) is 13.6. The third-order valence-corrected chi connectivity index (χ3v) is 4.99. The van der Waals surface area contributed by atoms with Crippen molar-refractivity contribution in [3.05, 3.63) is 76.5 Å². The summed E-state index contributed by atoms with van der Waals surface area (Å²) in [6, 6.07) is 18.8. The summed E-state index contributed by atoms with van der Waals surface area (Å²) in [5.41, 5.74) is 4.77. The molecule has 4 rings (SSSR count). The molecule has 0 amide bonds. The lowest BCUT2D eigenvalue weighted by Gasteiger charge is -2.23. The first kappa shape index (κ1) is 15.4. The lowest BCUT2D eigenvalue weighted by atomic mass is 10.1. The number of aryl methyl sites for hydroxylation is 1. The molecule has 4 heteroatoms. The van der Waals surface area contributed by atoms with Gasteiger partial charge in [0.05, 0.1) is 6.54 Å². The van der Waals surface area contributed by atoms with E-state index in [2.05, 4.69) is 41.4 Å². The van der Waals surface area contributed by atoms with Gasteiger partial charge in [-0.05, 0) is 43.1 Å². The molecule has 1 aromatic heterocycles. The van der Waals surface area contributed by atoms with Crippen LogP contribution in [0.4, 0.5) is 0 Å². The molecule has 1 aliphatic carbocycles. The number of nitrogens with zero attached hydrogens (tertiary/aromatic N) is 2. The molecule has 0 radical (unpaired) electrons. The van der Waals surface area contributed by atoms with E-state index in [-0.39, 0.29) is 0 Å². The van der Waals surface area contributed by atoms with Gasteiger partial charge < -0.3 is 4.52 Å². The number of aromatic nitrogens is 1. The Kier molecular flexibility index (Phi) is 4.13. The number of halogens is 1. The predicted molar refractivity (Wildman–Crippen MR) is 95.9 cm³/mol. The summed E-state index contributed by atoms with van der Waals surface area (Å²) in [4.78, 5) is 2.35. The van der Waals surface area contributed by atoms with Gasteiger partial charge in [0.25, 0.3) is 0 Å². The molecule has 3 aromatic rings. The molecule has 3 nitrogen and oxygen atoms in total. The zero-order valence-corrected chi connectivity index (χ0v) is 14.3. The maximum absolute atomic E-state index is 5.94. The van der Waals surface area contributed by atoms with E-state index in [0.29, 0.717) is 6.04 Å². The number of rotatable bonds is 4. The maximum Gasteiger partial charge on any atom is 0.151 e. The third kappa shape index (κ3) is 2.97. The summed E-state index contributed by atoms with van der Waals surface area (Å²) in [5.74, 6) is 0.881. The first-order chi connectivity index (χ1) is 11.7. The van der Waals surface area contributed by atoms with Crippen LogP contribution in [0.1, 0.15) is 29.3 Å². The van der Waals surface area contributed by atoms with Crippen molar-refractivity contribution in [3.63, 3.8) is 0 Å². The van der Waals surface area contributed by atoms with Gasteiger partial charge in [0, 0.05) is 22.7 Å². The smallest absolute Gasteiger partial charge is 0.151 e. The maximum atomic E-state index is 5.94. The molecule has 1 aliphatic rings. The second-order valence-corrected chi connectivity index (χ2v) is 6.79. The summed E-state index contributed by atoms with van der Waals surface area (Å²) in [5, 5.41) is 4.92. The van der Waals surface area contributed by atoms with Gasteiger partial charge in [-0.15, -0.1) is 0 Å². The minimum absolute atomic E-state index is 0.449. The molecule has 24 heavy (non-hydrogen) atoms. The van der Waals surface area contributed by atoms with Crippen molar-refractivity contribution in [1.82, 2.24) is 10.1 Å². The number of fused-ring (bicyclic) bond motifs is 1. The van der Waals surface area contributed by atoms with Crippen LogP contribution < -0.4 is 0 Å². The highest BCUT2D eigenvalue weighted by Crippen LogP contribution is 2.35. The van der Waals surface area contributed by atoms with Gasteiger partial charge in [-0.3, -0.25) is 4.90 Å². The van der Waals surface area contributed by atoms with Crippen molar-refractivity contribution < 1.29 is 4.52 Å². The quantitative estimate of drug-likeness (QED) is 0.661. The summed E-state index contributed by atoms with van der Waals surface area (Å²) in [7, 11) is 2.15. The Balaban J connectivity index is 1.49. The van der Waals surface area contributed by atoms with Crippen LogP contribution in [0.25, 0.3) is 11.3 Å². The lowest BCUT2D eigenvalue weighted by molar-refractivity contribution is 0.208. The van der Waals surface area contributed by atoms with Crippen LogP contribution in [0.5, 0.6) is 0 Å². The van der Waals surface area contributed by atoms with Gasteiger partial charge >= 0.3 is 0 Å². The monoisotopic (exact) mass is 338 g/mol. The minimum Gasteiger partial charge on any atom is -0.359 e. The van der Waals surface area contributed by atoms with Gasteiger partial charge in [0.1, 0.15) is 5.69 Å². The van der Waals surface area contributed by atoms with Gasteiger partial charge in [-0.25, -0.2) is 0 Å². The van der Waals surface area contributed by atoms with Crippen LogP contribution in [0.2, 0.25) is 5.02 Å². The van der Waals surface area contributed by atoms with Gasteiger partial charge in [0.2, 0.25) is 0 Å². The Morgan fingerprint density at radius 2 is 1.96 bits per heavy atom. The van der Waals surface area contributed by atoms with Crippen molar-refractivity contribution in [3.8, 4) is 11.3 Å². The van der Waals surface area contributed by atoms with Crippen molar-refractivity contribution in [2.75, 3.05) is 7.05 Å². The summed E-state index contributed by atoms with van der Waals surface area (Å²) < 4.78 is 5.54. The Morgan fingerprint density at radius 1 is 1.17 bits per heavy atom. The number of hydrogen-bond donors (Lipinski definition) is 0. The second kappa shape index (κ2) is 6.42.